The van der Waals surface area contributed by atoms with Gasteiger partial charge in [0.2, 0.25) is 0 Å². The molecule has 4 nitrogen and oxygen atoms in total. The van der Waals surface area contributed by atoms with E-state index in [2.05, 4.69) is 36.5 Å². The fraction of sp³-hybridized carbons (Fsp3) is 0.562. The first kappa shape index (κ1) is 16.5. The average molecular weight is 277 g/mol. The number of hydrogen-bond acceptors (Lipinski definition) is 2. The minimum Gasteiger partial charge on any atom is -0.312 e. The number of imidazole rings is 1. The van der Waals surface area contributed by atoms with Gasteiger partial charge in [-0.05, 0) is 46.3 Å². The highest BCUT2D eigenvalue weighted by Crippen LogP contribution is 2.20. The van der Waals surface area contributed by atoms with Crippen molar-refractivity contribution < 1.29 is 0 Å². The van der Waals surface area contributed by atoms with Crippen molar-refractivity contribution in [2.75, 3.05) is 20.1 Å². The molecule has 1 saturated heterocycles. The number of likely N-dealkylation sites (tertiary alicyclic amines) is 1. The number of allylic oxidation sites excluding steroid dienone is 3. The van der Waals surface area contributed by atoms with Crippen LogP contribution in [0.3, 0.4) is 0 Å². The molecule has 0 unspecified atom stereocenters. The zero-order valence-corrected chi connectivity index (χ0v) is 12.9. The third-order valence-electron chi connectivity index (χ3n) is 3.56. The van der Waals surface area contributed by atoms with Crippen molar-refractivity contribution in [2.45, 2.75) is 39.2 Å². The molecule has 2 heterocycles. The van der Waals surface area contributed by atoms with Crippen molar-refractivity contribution in [1.29, 1.82) is 0 Å². The predicted octanol–water partition coefficient (Wildman–Crippen LogP) is 2.89. The van der Waals surface area contributed by atoms with Crippen LogP contribution >= 0.6 is 0 Å². The van der Waals surface area contributed by atoms with E-state index < -0.39 is 0 Å². The number of aryl methyl sites for hydroxylation is 1. The minimum absolute atomic E-state index is 0.0389. The molecule has 2 rings (SSSR count). The molecular weight excluding hydrogens is 250 g/mol. The lowest BCUT2D eigenvalue weighted by atomic mass is 10.1. The zero-order chi connectivity index (χ0) is 15.0. The first-order valence-electron chi connectivity index (χ1n) is 7.32. The van der Waals surface area contributed by atoms with Crippen molar-refractivity contribution in [3.05, 3.63) is 47.2 Å². The summed E-state index contributed by atoms with van der Waals surface area (Å²) in [4.78, 5) is 16.6. The molecule has 1 aromatic rings. The quantitative estimate of drug-likeness (QED) is 0.863. The largest absolute Gasteiger partial charge is 0.325 e. The number of hydrogen-bond donors (Lipinski definition) is 1. The first-order valence-corrected chi connectivity index (χ1v) is 7.32. The molecule has 0 spiro atoms. The van der Waals surface area contributed by atoms with Crippen molar-refractivity contribution in [2.24, 2.45) is 0 Å². The number of rotatable bonds is 3. The Labute approximate surface area is 121 Å². The molecule has 0 amide bonds. The summed E-state index contributed by atoms with van der Waals surface area (Å²) in [6, 6.07) is 0.393. The molecule has 0 radical (unpaired) electrons. The Morgan fingerprint density at radius 1 is 1.45 bits per heavy atom. The summed E-state index contributed by atoms with van der Waals surface area (Å²) < 4.78 is 1.90. The molecule has 1 aliphatic rings. The number of nitrogens with one attached hydrogen (secondary N) is 1. The average Bonchev–Trinajstić information content (AvgIpc) is 2.78. The van der Waals surface area contributed by atoms with Crippen LogP contribution in [0.2, 0.25) is 0 Å². The van der Waals surface area contributed by atoms with Crippen LogP contribution < -0.4 is 5.69 Å². The van der Waals surface area contributed by atoms with Crippen LogP contribution in [0.15, 0.2) is 35.8 Å². The second kappa shape index (κ2) is 8.59. The van der Waals surface area contributed by atoms with Crippen molar-refractivity contribution in [3.8, 4) is 0 Å². The van der Waals surface area contributed by atoms with Gasteiger partial charge < -0.3 is 9.88 Å². The third-order valence-corrected chi connectivity index (χ3v) is 3.56. The normalized spacial score (nSPS) is 16.9. The highest BCUT2D eigenvalue weighted by Gasteiger charge is 2.20. The highest BCUT2D eigenvalue weighted by molar-refractivity contribution is 4.98. The van der Waals surface area contributed by atoms with Gasteiger partial charge in [-0.3, -0.25) is 4.57 Å². The molecular formula is C16H27N3O. The monoisotopic (exact) mass is 277 g/mol. The number of nitrogens with zero attached hydrogens (tertiary/aromatic N) is 2. The number of aromatic amines is 1. The van der Waals surface area contributed by atoms with Crippen LogP contribution in [0, 0.1) is 6.92 Å². The SMILES string of the molecule is C=C/C=C\CC.Cc1c[nH]c(=O)n1C1CCN(C)CC1. The summed E-state index contributed by atoms with van der Waals surface area (Å²) in [6.45, 7) is 9.76. The van der Waals surface area contributed by atoms with Gasteiger partial charge in [0.15, 0.2) is 0 Å². The maximum Gasteiger partial charge on any atom is 0.325 e. The zero-order valence-electron chi connectivity index (χ0n) is 12.9. The summed E-state index contributed by atoms with van der Waals surface area (Å²) in [6.07, 6.45) is 10.8. The Bertz CT molecular complexity index is 476. The second-order valence-electron chi connectivity index (χ2n) is 5.21. The predicted molar refractivity (Wildman–Crippen MR) is 85.2 cm³/mol. The lowest BCUT2D eigenvalue weighted by molar-refractivity contribution is 0.217. The maximum absolute atomic E-state index is 11.5. The van der Waals surface area contributed by atoms with Gasteiger partial charge in [-0.1, -0.05) is 31.7 Å². The maximum atomic E-state index is 11.5. The van der Waals surface area contributed by atoms with E-state index in [1.807, 2.05) is 17.6 Å². The molecule has 0 aromatic carbocycles. The van der Waals surface area contributed by atoms with Crippen molar-refractivity contribution >= 4 is 0 Å². The topological polar surface area (TPSA) is 41.0 Å². The molecule has 20 heavy (non-hydrogen) atoms. The lowest BCUT2D eigenvalue weighted by Crippen LogP contribution is -2.35. The standard InChI is InChI=1S/C10H17N3O.C6H10/c1-8-7-11-10(14)13(8)9-3-5-12(2)6-4-9;1-3-5-6-4-2/h7,9H,3-6H2,1-2H3,(H,11,14);3,5-6H,1,4H2,2H3/b;6-5-. The molecule has 112 valence electrons. The van der Waals surface area contributed by atoms with E-state index in [1.165, 1.54) is 0 Å². The van der Waals surface area contributed by atoms with Crippen LogP contribution in [0.25, 0.3) is 0 Å². The van der Waals surface area contributed by atoms with Crippen LogP contribution in [0.5, 0.6) is 0 Å². The molecule has 4 heteroatoms. The van der Waals surface area contributed by atoms with E-state index in [9.17, 15) is 4.79 Å². The molecule has 1 N–H and O–H groups in total. The van der Waals surface area contributed by atoms with Gasteiger partial charge in [0.05, 0.1) is 0 Å². The van der Waals surface area contributed by atoms with E-state index >= 15 is 0 Å². The second-order valence-corrected chi connectivity index (χ2v) is 5.21. The van der Waals surface area contributed by atoms with Crippen LogP contribution in [-0.4, -0.2) is 34.6 Å². The lowest BCUT2D eigenvalue weighted by Gasteiger charge is -2.29. The van der Waals surface area contributed by atoms with Gasteiger partial charge in [0, 0.05) is 17.9 Å². The third kappa shape index (κ3) is 4.85. The fourth-order valence-corrected chi connectivity index (χ4v) is 2.40. The first-order chi connectivity index (χ1) is 9.60. The van der Waals surface area contributed by atoms with Gasteiger partial charge in [-0.15, -0.1) is 0 Å². The van der Waals surface area contributed by atoms with Gasteiger partial charge >= 0.3 is 5.69 Å². The Morgan fingerprint density at radius 3 is 2.50 bits per heavy atom. The Morgan fingerprint density at radius 2 is 2.10 bits per heavy atom. The smallest absolute Gasteiger partial charge is 0.312 e. The van der Waals surface area contributed by atoms with Crippen LogP contribution in [-0.2, 0) is 0 Å². The minimum atomic E-state index is 0.0389. The van der Waals surface area contributed by atoms with Crippen LogP contribution in [0.4, 0.5) is 0 Å². The Balaban J connectivity index is 0.000000286. The molecule has 0 bridgehead atoms. The molecule has 0 aliphatic carbocycles. The Kier molecular flexibility index (Phi) is 7.09. The summed E-state index contributed by atoms with van der Waals surface area (Å²) in [5.74, 6) is 0. The van der Waals surface area contributed by atoms with E-state index in [1.54, 1.807) is 12.3 Å². The molecule has 1 aromatic heterocycles. The molecule has 0 saturated carbocycles. The van der Waals surface area contributed by atoms with Gasteiger partial charge in [-0.2, -0.15) is 0 Å². The molecule has 1 aliphatic heterocycles. The summed E-state index contributed by atoms with van der Waals surface area (Å²) in [5.41, 5.74) is 1.08. The van der Waals surface area contributed by atoms with Crippen molar-refractivity contribution in [3.63, 3.8) is 0 Å². The highest BCUT2D eigenvalue weighted by atomic mass is 16.1. The number of piperidine rings is 1. The van der Waals surface area contributed by atoms with E-state index in [0.29, 0.717) is 6.04 Å². The van der Waals surface area contributed by atoms with Gasteiger partial charge in [-0.25, -0.2) is 4.79 Å². The van der Waals surface area contributed by atoms with E-state index in [4.69, 9.17) is 0 Å². The van der Waals surface area contributed by atoms with E-state index in [0.717, 1.165) is 38.0 Å². The summed E-state index contributed by atoms with van der Waals surface area (Å²) >= 11 is 0. The Hall–Kier alpha value is -1.55. The van der Waals surface area contributed by atoms with Gasteiger partial charge in [0.25, 0.3) is 0 Å². The molecule has 1 fully saturated rings. The number of H-pyrrole nitrogens is 1. The molecule has 0 atom stereocenters. The number of aromatic nitrogens is 2. The summed E-state index contributed by atoms with van der Waals surface area (Å²) in [5, 5.41) is 0. The van der Waals surface area contributed by atoms with Crippen LogP contribution in [0.1, 0.15) is 37.9 Å². The van der Waals surface area contributed by atoms with Gasteiger partial charge in [0.1, 0.15) is 0 Å². The fourth-order valence-electron chi connectivity index (χ4n) is 2.40. The van der Waals surface area contributed by atoms with E-state index in [-0.39, 0.29) is 5.69 Å². The summed E-state index contributed by atoms with van der Waals surface area (Å²) in [7, 11) is 2.13. The van der Waals surface area contributed by atoms with Crippen molar-refractivity contribution in [1.82, 2.24) is 14.5 Å².